The van der Waals surface area contributed by atoms with E-state index in [1.54, 1.807) is 0 Å². The van der Waals surface area contributed by atoms with Gasteiger partial charge in [-0.05, 0) is 98.4 Å². The maximum Gasteiger partial charge on any atom is 0.162 e. The fourth-order valence-electron chi connectivity index (χ4n) is 10.8. The van der Waals surface area contributed by atoms with E-state index in [1.165, 1.54) is 24.0 Å². The minimum absolute atomic E-state index is 0.00644. The SMILES string of the molecule is C=C1C=CC2(C)C(=C1)CCC1C2C(O)CC2(C)C(C(=O)CO)C(CN(P)CCCC3=CCCC=C3)CC12C1CC1. The molecule has 0 radical (unpaired) electrons. The van der Waals surface area contributed by atoms with Crippen molar-refractivity contribution < 1.29 is 15.0 Å². The first-order valence-corrected chi connectivity index (χ1v) is 16.4. The van der Waals surface area contributed by atoms with E-state index >= 15 is 0 Å². The standard InChI is InChI=1S/C35H50NO3P/c1-23-15-16-33(2)27(18-23)13-14-28-32(33)29(38)20-34(3)31(30(39)22-37)25(19-35(28,34)26-11-12-26)21-36(40)17-7-10-24-8-5-4-6-9-24/h5,8-9,15-16,18,25-26,28-29,31-32,37-38H,1,4,6-7,10-14,17,19-22,40H2,2-3H3. The third kappa shape index (κ3) is 4.52. The molecule has 0 heterocycles. The first-order valence-electron chi connectivity index (χ1n) is 15.9. The van der Waals surface area contributed by atoms with Gasteiger partial charge in [0.1, 0.15) is 6.61 Å². The summed E-state index contributed by atoms with van der Waals surface area (Å²) < 4.78 is 2.36. The Labute approximate surface area is 244 Å². The Kier molecular flexibility index (Phi) is 7.73. The van der Waals surface area contributed by atoms with Crippen LogP contribution in [0.4, 0.5) is 0 Å². The van der Waals surface area contributed by atoms with E-state index in [0.29, 0.717) is 18.3 Å². The summed E-state index contributed by atoms with van der Waals surface area (Å²) in [5.74, 6) is 1.16. The summed E-state index contributed by atoms with van der Waals surface area (Å²) in [6.45, 7) is 10.3. The maximum atomic E-state index is 13.7. The molecule has 0 saturated heterocycles. The van der Waals surface area contributed by atoms with Crippen molar-refractivity contribution >= 4 is 15.2 Å². The normalized spacial score (nSPS) is 42.2. The lowest BCUT2D eigenvalue weighted by Crippen LogP contribution is -2.62. The molecule has 0 aliphatic heterocycles. The van der Waals surface area contributed by atoms with Gasteiger partial charge >= 0.3 is 0 Å². The van der Waals surface area contributed by atoms with Crippen molar-refractivity contribution in [1.82, 2.24) is 4.67 Å². The third-order valence-electron chi connectivity index (χ3n) is 12.3. The fraction of sp³-hybridized carbons (Fsp3) is 0.686. The van der Waals surface area contributed by atoms with Crippen molar-refractivity contribution in [2.75, 3.05) is 19.7 Å². The number of carbonyl (C=O) groups excluding carboxylic acids is 1. The fourth-order valence-corrected chi connectivity index (χ4v) is 11.3. The quantitative estimate of drug-likeness (QED) is 0.311. The third-order valence-corrected chi connectivity index (χ3v) is 12.8. The number of fused-ring (bicyclic) bond motifs is 5. The van der Waals surface area contributed by atoms with Gasteiger partial charge in [-0.3, -0.25) is 9.46 Å². The summed E-state index contributed by atoms with van der Waals surface area (Å²) >= 11 is 0. The van der Waals surface area contributed by atoms with Crippen molar-refractivity contribution in [2.45, 2.75) is 84.2 Å². The number of ketones is 1. The highest BCUT2D eigenvalue weighted by atomic mass is 31.0. The number of hydrogen-bond acceptors (Lipinski definition) is 4. The monoisotopic (exact) mass is 563 g/mol. The molecule has 4 saturated carbocycles. The van der Waals surface area contributed by atoms with Crippen LogP contribution in [0.2, 0.25) is 0 Å². The van der Waals surface area contributed by atoms with Crippen molar-refractivity contribution in [3.05, 3.63) is 59.8 Å². The molecule has 0 spiro atoms. The molecule has 40 heavy (non-hydrogen) atoms. The van der Waals surface area contributed by atoms with Gasteiger partial charge in [-0.1, -0.05) is 77.4 Å². The summed E-state index contributed by atoms with van der Waals surface area (Å²) in [6, 6.07) is 0. The predicted molar refractivity (Wildman–Crippen MR) is 165 cm³/mol. The predicted octanol–water partition coefficient (Wildman–Crippen LogP) is 6.58. The zero-order chi connectivity index (χ0) is 28.3. The molecule has 0 bridgehead atoms. The largest absolute Gasteiger partial charge is 0.393 e. The Balaban J connectivity index is 1.30. The summed E-state index contributed by atoms with van der Waals surface area (Å²) in [5.41, 5.74) is 3.52. The molecule has 9 atom stereocenters. The Morgan fingerprint density at radius 2 is 1.98 bits per heavy atom. The minimum atomic E-state index is -0.455. The Hall–Kier alpha value is -1.32. The van der Waals surface area contributed by atoms with E-state index in [1.807, 2.05) is 0 Å². The highest BCUT2D eigenvalue weighted by Crippen LogP contribution is 2.78. The Morgan fingerprint density at radius 3 is 2.67 bits per heavy atom. The topological polar surface area (TPSA) is 60.8 Å². The van der Waals surface area contributed by atoms with Crippen LogP contribution in [-0.4, -0.2) is 46.5 Å². The zero-order valence-electron chi connectivity index (χ0n) is 24.7. The van der Waals surface area contributed by atoms with Gasteiger partial charge in [-0.2, -0.15) is 0 Å². The average Bonchev–Trinajstić information content (AvgIpc) is 3.73. The molecular formula is C35H50NO3P. The Morgan fingerprint density at radius 1 is 1.18 bits per heavy atom. The van der Waals surface area contributed by atoms with Crippen LogP contribution < -0.4 is 0 Å². The Bertz CT molecular complexity index is 1170. The molecule has 6 aliphatic carbocycles. The summed E-state index contributed by atoms with van der Waals surface area (Å²) in [4.78, 5) is 13.7. The maximum absolute atomic E-state index is 13.7. The van der Waals surface area contributed by atoms with Crippen LogP contribution in [0.25, 0.3) is 0 Å². The minimum Gasteiger partial charge on any atom is -0.393 e. The van der Waals surface area contributed by atoms with Gasteiger partial charge in [-0.25, -0.2) is 0 Å². The van der Waals surface area contributed by atoms with Gasteiger partial charge in [0.15, 0.2) is 5.78 Å². The van der Waals surface area contributed by atoms with Gasteiger partial charge < -0.3 is 10.2 Å². The van der Waals surface area contributed by atoms with Crippen molar-refractivity contribution in [3.63, 3.8) is 0 Å². The van der Waals surface area contributed by atoms with Gasteiger partial charge in [0.2, 0.25) is 0 Å². The second kappa shape index (κ2) is 10.7. The molecule has 0 aromatic rings. The molecule has 2 N–H and O–H groups in total. The number of hydrogen-bond donors (Lipinski definition) is 2. The van der Waals surface area contributed by atoms with E-state index in [0.717, 1.165) is 63.6 Å². The van der Waals surface area contributed by atoms with Crippen molar-refractivity contribution in [2.24, 2.45) is 45.8 Å². The summed E-state index contributed by atoms with van der Waals surface area (Å²) in [5, 5.41) is 22.2. The molecule has 0 aromatic heterocycles. The number of aliphatic hydroxyl groups excluding tert-OH is 2. The number of carbonyl (C=O) groups is 1. The molecular weight excluding hydrogens is 513 g/mol. The van der Waals surface area contributed by atoms with Crippen LogP contribution in [0.5, 0.6) is 0 Å². The van der Waals surface area contributed by atoms with E-state index in [-0.39, 0.29) is 39.8 Å². The van der Waals surface area contributed by atoms with Crippen LogP contribution in [0, 0.1) is 45.8 Å². The lowest BCUT2D eigenvalue weighted by Gasteiger charge is -2.64. The van der Waals surface area contributed by atoms with Crippen LogP contribution in [-0.2, 0) is 4.79 Å². The van der Waals surface area contributed by atoms with Gasteiger partial charge in [-0.15, -0.1) is 0 Å². The van der Waals surface area contributed by atoms with E-state index in [2.05, 4.69) is 70.9 Å². The van der Waals surface area contributed by atoms with Crippen molar-refractivity contribution in [1.29, 1.82) is 0 Å². The smallest absolute Gasteiger partial charge is 0.162 e. The van der Waals surface area contributed by atoms with E-state index in [4.69, 9.17) is 0 Å². The number of aliphatic hydroxyl groups is 2. The van der Waals surface area contributed by atoms with Crippen molar-refractivity contribution in [3.8, 4) is 0 Å². The second-order valence-electron chi connectivity index (χ2n) is 14.5. The molecule has 9 unspecified atom stereocenters. The molecule has 5 heteroatoms. The first kappa shape index (κ1) is 28.8. The average molecular weight is 564 g/mol. The molecule has 218 valence electrons. The lowest BCUT2D eigenvalue weighted by molar-refractivity contribution is -0.180. The first-order chi connectivity index (χ1) is 19.1. The molecule has 6 aliphatic rings. The summed E-state index contributed by atoms with van der Waals surface area (Å²) in [7, 11) is 2.96. The molecule has 6 rings (SSSR count). The van der Waals surface area contributed by atoms with Crippen LogP contribution in [0.1, 0.15) is 78.1 Å². The second-order valence-corrected chi connectivity index (χ2v) is 15.2. The highest BCUT2D eigenvalue weighted by molar-refractivity contribution is 7.13. The molecule has 0 amide bonds. The zero-order valence-corrected chi connectivity index (χ0v) is 25.8. The van der Waals surface area contributed by atoms with Gasteiger partial charge in [0.25, 0.3) is 0 Å². The van der Waals surface area contributed by atoms with Crippen LogP contribution in [0.15, 0.2) is 59.8 Å². The van der Waals surface area contributed by atoms with E-state index < -0.39 is 12.7 Å². The number of Topliss-reactive ketones (excluding diaryl/α,β-unsaturated/α-hetero) is 1. The molecule has 4 fully saturated rings. The number of nitrogens with zero attached hydrogens (tertiary/aromatic N) is 1. The van der Waals surface area contributed by atoms with E-state index in [9.17, 15) is 15.0 Å². The van der Waals surface area contributed by atoms with Gasteiger partial charge in [0.05, 0.1) is 6.10 Å². The van der Waals surface area contributed by atoms with Gasteiger partial charge in [0, 0.05) is 30.3 Å². The van der Waals surface area contributed by atoms with Crippen LogP contribution >= 0.6 is 9.39 Å². The highest BCUT2D eigenvalue weighted by Gasteiger charge is 2.74. The van der Waals surface area contributed by atoms with Crippen LogP contribution in [0.3, 0.4) is 0 Å². The molecule has 0 aromatic carbocycles. The number of allylic oxidation sites excluding steroid dienone is 9. The lowest BCUT2D eigenvalue weighted by atomic mass is 9.40. The summed E-state index contributed by atoms with van der Waals surface area (Å²) in [6.07, 6.45) is 24.0. The number of rotatable bonds is 9. The molecule has 4 nitrogen and oxygen atoms in total.